The van der Waals surface area contributed by atoms with Gasteiger partial charge in [-0.3, -0.25) is 0 Å². The molecule has 0 aromatic carbocycles. The molecule has 30 heavy (non-hydrogen) atoms. The number of allylic oxidation sites excluding steroid dienone is 2. The number of hydrogen-bond acceptors (Lipinski definition) is 7. The number of ether oxygens (including phenoxy) is 2. The molecule has 2 aliphatic heterocycles. The highest BCUT2D eigenvalue weighted by Gasteiger charge is 2.31. The van der Waals surface area contributed by atoms with Crippen LogP contribution in [0.4, 0.5) is 4.79 Å². The molecule has 1 aromatic rings. The molecule has 3 heterocycles. The minimum Gasteiger partial charge on any atom is -0.453 e. The number of likely N-dealkylation sites (tertiary alicyclic amines) is 1. The first-order valence-corrected chi connectivity index (χ1v) is 11.3. The Morgan fingerprint density at radius 2 is 2.00 bits per heavy atom. The lowest BCUT2D eigenvalue weighted by Gasteiger charge is -2.30. The summed E-state index contributed by atoms with van der Waals surface area (Å²) in [6, 6.07) is 0. The quantitative estimate of drug-likeness (QED) is 0.430. The number of carbonyl (C=O) groups is 1. The van der Waals surface area contributed by atoms with E-state index in [0.717, 1.165) is 60.6 Å². The number of methoxy groups -OCH3 is 1. The van der Waals surface area contributed by atoms with Crippen molar-refractivity contribution in [3.05, 3.63) is 34.3 Å². The van der Waals surface area contributed by atoms with E-state index in [1.165, 1.54) is 25.1 Å². The molecule has 164 valence electrons. The van der Waals surface area contributed by atoms with Crippen LogP contribution < -0.4 is 0 Å². The van der Waals surface area contributed by atoms with E-state index >= 15 is 0 Å². The van der Waals surface area contributed by atoms with E-state index in [0.29, 0.717) is 18.1 Å². The third kappa shape index (κ3) is 5.89. The van der Waals surface area contributed by atoms with Crippen LogP contribution in [0.3, 0.4) is 0 Å². The molecule has 0 spiro atoms. The van der Waals surface area contributed by atoms with E-state index in [2.05, 4.69) is 11.6 Å². The number of oxazole rings is 1. The summed E-state index contributed by atoms with van der Waals surface area (Å²) in [5, 5.41) is 1.89. The number of thioether (sulfide) groups is 1. The van der Waals surface area contributed by atoms with Gasteiger partial charge in [0.1, 0.15) is 0 Å². The number of halogens is 1. The molecule has 0 saturated carbocycles. The van der Waals surface area contributed by atoms with Crippen molar-refractivity contribution in [3.63, 3.8) is 0 Å². The van der Waals surface area contributed by atoms with Gasteiger partial charge < -0.3 is 18.8 Å². The maximum Gasteiger partial charge on any atom is 0.409 e. The van der Waals surface area contributed by atoms with Crippen molar-refractivity contribution in [2.24, 2.45) is 4.99 Å². The molecule has 0 bridgehead atoms. The van der Waals surface area contributed by atoms with Crippen molar-refractivity contribution in [1.29, 1.82) is 0 Å². The lowest BCUT2D eigenvalue weighted by molar-refractivity contribution is 0.0786. The van der Waals surface area contributed by atoms with Crippen molar-refractivity contribution < 1.29 is 18.7 Å². The number of rotatable bonds is 6. The van der Waals surface area contributed by atoms with Crippen molar-refractivity contribution in [2.45, 2.75) is 49.5 Å². The van der Waals surface area contributed by atoms with Crippen LogP contribution in [0.1, 0.15) is 56.0 Å². The second-order valence-corrected chi connectivity index (χ2v) is 8.76. The van der Waals surface area contributed by atoms with Gasteiger partial charge in [0, 0.05) is 44.4 Å². The lowest BCUT2D eigenvalue weighted by Crippen LogP contribution is -2.37. The van der Waals surface area contributed by atoms with E-state index < -0.39 is 0 Å². The van der Waals surface area contributed by atoms with Gasteiger partial charge in [0.05, 0.1) is 22.9 Å². The van der Waals surface area contributed by atoms with Crippen molar-refractivity contribution >= 4 is 35.7 Å². The third-order valence-electron chi connectivity index (χ3n) is 5.30. The Morgan fingerprint density at radius 1 is 1.30 bits per heavy atom. The first-order valence-electron chi connectivity index (χ1n) is 10.2. The highest BCUT2D eigenvalue weighted by Crippen LogP contribution is 2.41. The summed E-state index contributed by atoms with van der Waals surface area (Å²) in [5.74, 6) is 1.25. The highest BCUT2D eigenvalue weighted by atomic mass is 35.5. The van der Waals surface area contributed by atoms with E-state index in [1.54, 1.807) is 4.90 Å². The Labute approximate surface area is 186 Å². The van der Waals surface area contributed by atoms with Gasteiger partial charge >= 0.3 is 6.09 Å². The second kappa shape index (κ2) is 11.0. The van der Waals surface area contributed by atoms with E-state index in [1.807, 2.05) is 13.0 Å². The molecule has 9 heteroatoms. The van der Waals surface area contributed by atoms with Gasteiger partial charge in [-0.25, -0.2) is 14.8 Å². The zero-order valence-electron chi connectivity index (χ0n) is 17.4. The zero-order valence-corrected chi connectivity index (χ0v) is 19.0. The topological polar surface area (TPSA) is 77.2 Å². The van der Waals surface area contributed by atoms with Crippen LogP contribution in [0, 0.1) is 0 Å². The summed E-state index contributed by atoms with van der Waals surface area (Å²) in [6.45, 7) is 8.29. The van der Waals surface area contributed by atoms with Crippen molar-refractivity contribution in [2.75, 3.05) is 33.4 Å². The zero-order chi connectivity index (χ0) is 21.5. The first-order chi connectivity index (χ1) is 14.5. The molecule has 0 N–H and O–H groups in total. The van der Waals surface area contributed by atoms with Crippen LogP contribution in [0.25, 0.3) is 0 Å². The van der Waals surface area contributed by atoms with Crippen LogP contribution in [0.2, 0.25) is 0 Å². The molecule has 1 aromatic heterocycles. The average Bonchev–Trinajstić information content (AvgIpc) is 3.20. The molecule has 0 aliphatic carbocycles. The fourth-order valence-corrected chi connectivity index (χ4v) is 4.54. The third-order valence-corrected chi connectivity index (χ3v) is 6.42. The van der Waals surface area contributed by atoms with Gasteiger partial charge in [0.15, 0.2) is 11.0 Å². The maximum absolute atomic E-state index is 11.8. The van der Waals surface area contributed by atoms with Crippen LogP contribution >= 0.6 is 23.4 Å². The smallest absolute Gasteiger partial charge is 0.409 e. The van der Waals surface area contributed by atoms with Crippen LogP contribution in [-0.2, 0) is 9.47 Å². The number of aromatic nitrogens is 1. The normalized spacial score (nSPS) is 19.4. The van der Waals surface area contributed by atoms with Crippen molar-refractivity contribution in [3.8, 4) is 0 Å². The number of aliphatic imine (C=N–C) groups is 1. The molecule has 2 aliphatic rings. The molecule has 0 unspecified atom stereocenters. The number of nitrogens with zero attached hydrogens (tertiary/aromatic N) is 3. The Kier molecular flexibility index (Phi) is 8.41. The summed E-state index contributed by atoms with van der Waals surface area (Å²) in [5.41, 5.74) is 0.949. The monoisotopic (exact) mass is 453 g/mol. The Bertz CT molecular complexity index is 809. The Balaban J connectivity index is 1.82. The van der Waals surface area contributed by atoms with Gasteiger partial charge in [-0.15, -0.1) is 0 Å². The van der Waals surface area contributed by atoms with Gasteiger partial charge in [-0.1, -0.05) is 24.3 Å². The average molecular weight is 454 g/mol. The summed E-state index contributed by atoms with van der Waals surface area (Å²) < 4.78 is 16.6. The predicted molar refractivity (Wildman–Crippen MR) is 118 cm³/mol. The number of amides is 1. The number of hydrogen-bond donors (Lipinski definition) is 0. The molecule has 2 saturated heterocycles. The van der Waals surface area contributed by atoms with Crippen LogP contribution in [0.15, 0.2) is 37.2 Å². The largest absolute Gasteiger partial charge is 0.453 e. The summed E-state index contributed by atoms with van der Waals surface area (Å²) in [7, 11) is 1.41. The van der Waals surface area contributed by atoms with Gasteiger partial charge in [0.25, 0.3) is 0 Å². The van der Waals surface area contributed by atoms with Gasteiger partial charge in [-0.05, 0) is 44.4 Å². The number of piperidine rings is 1. The standard InChI is InChI=1S/C21H28ClN3O4S/c1-4-17(23-13-14(2)22)30-20-18(15-5-9-25(10-6-15)21(26)27-3)24-19(29-20)16-7-11-28-12-8-16/h4,13,15-16H,2,5-12H2,1,3H3/b17-4+,23-13?. The summed E-state index contributed by atoms with van der Waals surface area (Å²) >= 11 is 7.27. The molecule has 3 rings (SSSR count). The Hall–Kier alpha value is -1.77. The van der Waals surface area contributed by atoms with E-state index in [9.17, 15) is 4.79 Å². The van der Waals surface area contributed by atoms with E-state index in [-0.39, 0.29) is 17.9 Å². The minimum absolute atomic E-state index is 0.218. The Morgan fingerprint density at radius 3 is 2.60 bits per heavy atom. The molecular formula is C21H28ClN3O4S. The van der Waals surface area contributed by atoms with Crippen molar-refractivity contribution in [1.82, 2.24) is 9.88 Å². The minimum atomic E-state index is -0.280. The predicted octanol–water partition coefficient (Wildman–Crippen LogP) is 5.29. The molecule has 7 nitrogen and oxygen atoms in total. The highest BCUT2D eigenvalue weighted by molar-refractivity contribution is 8.03. The van der Waals surface area contributed by atoms with Crippen LogP contribution in [0.5, 0.6) is 0 Å². The van der Waals surface area contributed by atoms with Gasteiger partial charge in [0.2, 0.25) is 0 Å². The molecule has 2 fully saturated rings. The summed E-state index contributed by atoms with van der Waals surface area (Å²) in [4.78, 5) is 22.9. The second-order valence-electron chi connectivity index (χ2n) is 7.28. The fourth-order valence-electron chi connectivity index (χ4n) is 3.64. The summed E-state index contributed by atoms with van der Waals surface area (Å²) in [6.07, 6.45) is 6.59. The van der Waals surface area contributed by atoms with E-state index in [4.69, 9.17) is 30.5 Å². The lowest BCUT2D eigenvalue weighted by atomic mass is 9.94. The SMILES string of the molecule is C=C(Cl)C=N/C(=C\C)Sc1oc(C2CCOCC2)nc1C1CCN(C(=O)OC)CC1. The molecule has 0 atom stereocenters. The first kappa shape index (κ1) is 22.9. The molecular weight excluding hydrogens is 426 g/mol. The maximum atomic E-state index is 11.8. The van der Waals surface area contributed by atoms with Gasteiger partial charge in [-0.2, -0.15) is 0 Å². The van der Waals surface area contributed by atoms with Crippen LogP contribution in [-0.4, -0.2) is 55.6 Å². The number of carbonyl (C=O) groups excluding carboxylic acids is 1. The molecule has 1 amide bonds. The fraction of sp³-hybridized carbons (Fsp3) is 0.571. The molecule has 0 radical (unpaired) electrons.